The average molecular weight is 825 g/mol. The normalized spacial score (nSPS) is 37.9. The van der Waals surface area contributed by atoms with E-state index in [0.29, 0.717) is 30.1 Å². The molecule has 0 spiro atoms. The van der Waals surface area contributed by atoms with Crippen LogP contribution in [0.25, 0.3) is 5.82 Å². The number of hydrogen-bond donors (Lipinski definition) is 3. The van der Waals surface area contributed by atoms with E-state index in [1.165, 1.54) is 13.8 Å². The maximum absolute atomic E-state index is 14.5. The van der Waals surface area contributed by atoms with Crippen molar-refractivity contribution in [1.29, 1.82) is 0 Å². The topological polar surface area (TPSA) is 205 Å². The number of aliphatic hydroxyl groups excluding tert-OH is 1. The van der Waals surface area contributed by atoms with E-state index in [4.69, 9.17) is 23.8 Å². The average Bonchev–Trinajstić information content (AvgIpc) is 3.74. The number of rotatable bonds is 8. The van der Waals surface area contributed by atoms with Crippen molar-refractivity contribution in [3.63, 3.8) is 0 Å². The summed E-state index contributed by atoms with van der Waals surface area (Å²) in [5.74, 6) is -4.79. The van der Waals surface area contributed by atoms with Gasteiger partial charge in [0, 0.05) is 54.7 Å². The highest BCUT2D eigenvalue weighted by Crippen LogP contribution is 2.42. The number of likely N-dealkylation sites (N-methyl/N-ethyl adjacent to an activating group) is 1. The fourth-order valence-corrected chi connectivity index (χ4v) is 9.17. The minimum Gasteiger partial charge on any atom is -0.459 e. The second kappa shape index (κ2) is 19.6. The van der Waals surface area contributed by atoms with Crippen LogP contribution in [0, 0.1) is 29.6 Å². The lowest BCUT2D eigenvalue weighted by Crippen LogP contribution is -2.59. The molecule has 3 fully saturated rings. The van der Waals surface area contributed by atoms with Gasteiger partial charge in [0.1, 0.15) is 30.3 Å². The number of ketones is 1. The molecule has 1 amide bonds. The third-order valence-corrected chi connectivity index (χ3v) is 12.5. The molecule has 0 unspecified atom stereocenters. The summed E-state index contributed by atoms with van der Waals surface area (Å²) in [4.78, 5) is 56.2. The molecule has 0 aromatic carbocycles. The molecule has 5 heterocycles. The van der Waals surface area contributed by atoms with Gasteiger partial charge < -0.3 is 39.3 Å². The van der Waals surface area contributed by atoms with Crippen LogP contribution in [0.1, 0.15) is 100.0 Å². The third-order valence-electron chi connectivity index (χ3n) is 12.5. The number of nitrogens with zero attached hydrogens (tertiary/aromatic N) is 5. The molecule has 3 aliphatic heterocycles. The predicted molar refractivity (Wildman–Crippen MR) is 219 cm³/mol. The SMILES string of the molecule is CC[C@H]1OC(=O)[C@H](C)C(=O)[C@H](C)[C@@H](O[C@@H]2O[C@H](C)C[C@H](NC)[C@H]2O)[C@@]2(C)C[C@@H](C)C(=NC(C)=O)[C@H](C)[C@@H](CC/C(=N\OCc3ccc(-n4cccn4)nc3)CO2)[C@]1(C)O. The number of nitrogens with one attached hydrogen (secondary N) is 1. The molecular weight excluding hydrogens is 761 g/mol. The van der Waals surface area contributed by atoms with Crippen LogP contribution in [0.2, 0.25) is 0 Å². The summed E-state index contributed by atoms with van der Waals surface area (Å²) < 4.78 is 27.6. The Kier molecular flexibility index (Phi) is 15.4. The number of ether oxygens (including phenoxy) is 4. The van der Waals surface area contributed by atoms with Gasteiger partial charge in [-0.3, -0.25) is 14.4 Å². The zero-order valence-electron chi connectivity index (χ0n) is 36.2. The van der Waals surface area contributed by atoms with E-state index in [9.17, 15) is 24.6 Å². The summed E-state index contributed by atoms with van der Waals surface area (Å²) in [6, 6.07) is 5.15. The first-order valence-corrected chi connectivity index (χ1v) is 20.9. The van der Waals surface area contributed by atoms with Gasteiger partial charge in [-0.1, -0.05) is 38.9 Å². The van der Waals surface area contributed by atoms with Crippen LogP contribution in [0.15, 0.2) is 46.9 Å². The largest absolute Gasteiger partial charge is 0.459 e. The lowest BCUT2D eigenvalue weighted by atomic mass is 9.68. The summed E-state index contributed by atoms with van der Waals surface area (Å²) >= 11 is 0. The summed E-state index contributed by atoms with van der Waals surface area (Å²) in [5.41, 5.74) is -1.18. The van der Waals surface area contributed by atoms with Gasteiger partial charge in [-0.05, 0) is 90.8 Å². The maximum atomic E-state index is 14.5. The molecule has 3 N–H and O–H groups in total. The summed E-state index contributed by atoms with van der Waals surface area (Å²) in [7, 11) is 1.75. The smallest absolute Gasteiger partial charge is 0.316 e. The van der Waals surface area contributed by atoms with Crippen LogP contribution in [0.3, 0.4) is 0 Å². The number of pyridine rings is 1. The number of carbonyl (C=O) groups is 3. The van der Waals surface area contributed by atoms with E-state index in [1.54, 1.807) is 44.2 Å². The van der Waals surface area contributed by atoms with E-state index in [-0.39, 0.29) is 44.6 Å². The van der Waals surface area contributed by atoms with Crippen LogP contribution in [0.5, 0.6) is 0 Å². The summed E-state index contributed by atoms with van der Waals surface area (Å²) in [5, 5.41) is 36.0. The van der Waals surface area contributed by atoms with Gasteiger partial charge in [0.05, 0.1) is 30.1 Å². The first kappa shape index (κ1) is 46.1. The Morgan fingerprint density at radius 1 is 1.14 bits per heavy atom. The lowest BCUT2D eigenvalue weighted by molar-refractivity contribution is -0.291. The highest BCUT2D eigenvalue weighted by molar-refractivity contribution is 6.00. The van der Waals surface area contributed by atoms with Gasteiger partial charge >= 0.3 is 5.97 Å². The van der Waals surface area contributed by atoms with E-state index in [1.807, 2.05) is 52.8 Å². The quantitative estimate of drug-likeness (QED) is 0.192. The Morgan fingerprint density at radius 3 is 2.51 bits per heavy atom. The van der Waals surface area contributed by atoms with E-state index in [2.05, 4.69) is 25.5 Å². The van der Waals surface area contributed by atoms with Crippen molar-refractivity contribution in [3.05, 3.63) is 42.4 Å². The zero-order chi connectivity index (χ0) is 43.2. The minimum atomic E-state index is -1.63. The molecule has 2 aromatic heterocycles. The molecule has 0 radical (unpaired) electrons. The van der Waals surface area contributed by atoms with Crippen molar-refractivity contribution in [3.8, 4) is 5.82 Å². The Balaban J connectivity index is 1.63. The summed E-state index contributed by atoms with van der Waals surface area (Å²) in [6.07, 6.45) is 2.06. The molecule has 2 bridgehead atoms. The van der Waals surface area contributed by atoms with Crippen molar-refractivity contribution < 1.29 is 48.4 Å². The Morgan fingerprint density at radius 2 is 1.88 bits per heavy atom. The summed E-state index contributed by atoms with van der Waals surface area (Å²) in [6.45, 7) is 15.6. The zero-order valence-corrected chi connectivity index (χ0v) is 36.2. The number of fused-ring (bicyclic) bond motifs is 5. The molecule has 326 valence electrons. The molecular formula is C43H64N6O10. The predicted octanol–water partition coefficient (Wildman–Crippen LogP) is 4.37. The van der Waals surface area contributed by atoms with E-state index < -0.39 is 83.1 Å². The highest BCUT2D eigenvalue weighted by atomic mass is 16.7. The maximum Gasteiger partial charge on any atom is 0.316 e. The number of amides is 1. The van der Waals surface area contributed by atoms with Gasteiger partial charge in [0.2, 0.25) is 5.91 Å². The molecule has 0 aliphatic carbocycles. The van der Waals surface area contributed by atoms with Crippen molar-refractivity contribution in [2.45, 2.75) is 149 Å². The molecule has 16 nitrogen and oxygen atoms in total. The molecule has 13 atom stereocenters. The Labute approximate surface area is 347 Å². The number of aromatic nitrogens is 3. The van der Waals surface area contributed by atoms with Crippen molar-refractivity contribution in [2.75, 3.05) is 13.7 Å². The second-order valence-corrected chi connectivity index (χ2v) is 17.1. The number of oxime groups is 1. The monoisotopic (exact) mass is 824 g/mol. The Hall–Kier alpha value is -3.93. The number of carbonyl (C=O) groups excluding carboxylic acids is 3. The number of aliphatic imine (C=N–C) groups is 1. The number of Topliss-reactive ketones (excluding diaryl/α,β-unsaturated/α-hetero) is 1. The van der Waals surface area contributed by atoms with Gasteiger partial charge in [0.25, 0.3) is 0 Å². The van der Waals surface area contributed by atoms with Crippen molar-refractivity contribution in [1.82, 2.24) is 20.1 Å². The van der Waals surface area contributed by atoms with Gasteiger partial charge in [-0.25, -0.2) is 14.7 Å². The first-order chi connectivity index (χ1) is 27.9. The molecule has 2 aromatic rings. The van der Waals surface area contributed by atoms with E-state index in [0.717, 1.165) is 5.56 Å². The van der Waals surface area contributed by atoms with Crippen LogP contribution in [0.4, 0.5) is 0 Å². The Bertz CT molecular complexity index is 1800. The van der Waals surface area contributed by atoms with Gasteiger partial charge in [0.15, 0.2) is 17.9 Å². The van der Waals surface area contributed by atoms with Gasteiger partial charge in [-0.2, -0.15) is 5.10 Å². The lowest BCUT2D eigenvalue weighted by Gasteiger charge is -2.47. The number of cyclic esters (lactones) is 1. The third kappa shape index (κ3) is 10.7. The van der Waals surface area contributed by atoms with Crippen LogP contribution < -0.4 is 5.32 Å². The fourth-order valence-electron chi connectivity index (χ4n) is 9.17. The molecule has 5 rings (SSSR count). The fraction of sp³-hybridized carbons (Fsp3) is 0.698. The number of esters is 1. The van der Waals surface area contributed by atoms with Gasteiger partial charge in [-0.15, -0.1) is 0 Å². The minimum absolute atomic E-state index is 0.0608. The first-order valence-electron chi connectivity index (χ1n) is 20.9. The number of aliphatic hydroxyl groups is 2. The molecule has 16 heteroatoms. The van der Waals surface area contributed by atoms with Crippen molar-refractivity contribution in [2.24, 2.45) is 39.7 Å². The standard InChI is InChI=1S/C43H64N6O10/c1-11-34-43(9,54)32-15-14-31(48-56-22-30-13-16-35(45-21-30)49-18-12-17-46-49)23-55-42(8,20-24(2)36(26(32)4)47-29(7)50)39(27(5)37(51)28(6)40(53)58-34)59-41-38(52)33(44-10)19-25(3)57-41/h12-13,16-18,21,24-28,32-34,38-39,41,44,52,54H,11,14-15,19-20,22-23H2,1-10H3/b47-36?,48-31+/t24-,25-,26-,27+,28-,32-,33+,34-,38-,39-,41+,42-,43+/m1/s1. The molecule has 3 saturated heterocycles. The van der Waals surface area contributed by atoms with Crippen molar-refractivity contribution >= 4 is 29.1 Å². The number of hydrogen-bond acceptors (Lipinski definition) is 14. The van der Waals surface area contributed by atoms with Crippen LogP contribution in [-0.4, -0.2) is 116 Å². The molecule has 0 saturated carbocycles. The second-order valence-electron chi connectivity index (χ2n) is 17.1. The molecule has 3 aliphatic rings. The highest BCUT2D eigenvalue weighted by Gasteiger charge is 2.52. The molecule has 59 heavy (non-hydrogen) atoms. The van der Waals surface area contributed by atoms with E-state index >= 15 is 0 Å². The van der Waals surface area contributed by atoms with Crippen LogP contribution in [-0.2, 0) is 44.8 Å². The van der Waals surface area contributed by atoms with Crippen LogP contribution >= 0.6 is 0 Å².